The molecule has 0 aliphatic heterocycles. The highest BCUT2D eigenvalue weighted by Gasteiger charge is 2.20. The molecule has 0 radical (unpaired) electrons. The van der Waals surface area contributed by atoms with Gasteiger partial charge in [-0.05, 0) is 42.8 Å². The zero-order valence-electron chi connectivity index (χ0n) is 12.2. The Hall–Kier alpha value is -3.35. The van der Waals surface area contributed by atoms with Gasteiger partial charge in [0, 0.05) is 17.6 Å². The van der Waals surface area contributed by atoms with Crippen molar-refractivity contribution in [2.45, 2.75) is 6.92 Å². The molecule has 1 N–H and O–H groups in total. The highest BCUT2D eigenvalue weighted by Crippen LogP contribution is 2.21. The van der Waals surface area contributed by atoms with E-state index < -0.39 is 10.8 Å². The Morgan fingerprint density at radius 3 is 2.83 bits per heavy atom. The van der Waals surface area contributed by atoms with E-state index in [1.54, 1.807) is 37.4 Å². The Balaban J connectivity index is 1.94. The summed E-state index contributed by atoms with van der Waals surface area (Å²) in [5.41, 5.74) is 1.00. The maximum atomic E-state index is 12.4. The molecule has 0 unspecified atom stereocenters. The normalized spacial score (nSPS) is 10.5. The lowest BCUT2D eigenvalue weighted by Crippen LogP contribution is -2.15. The summed E-state index contributed by atoms with van der Waals surface area (Å²) in [7, 11) is 0. The minimum absolute atomic E-state index is 0.00193. The zero-order valence-corrected chi connectivity index (χ0v) is 12.2. The fourth-order valence-corrected chi connectivity index (χ4v) is 2.20. The molecule has 2 aromatic heterocycles. The molecule has 0 saturated heterocycles. The van der Waals surface area contributed by atoms with Crippen LogP contribution in [0.5, 0.6) is 0 Å². The first-order valence-corrected chi connectivity index (χ1v) is 6.83. The molecule has 1 amide bonds. The molecule has 114 valence electrons. The Kier molecular flexibility index (Phi) is 3.68. The summed E-state index contributed by atoms with van der Waals surface area (Å²) < 4.78 is 0. The number of anilines is 1. The number of aromatic nitrogens is 2. The van der Waals surface area contributed by atoms with E-state index in [0.29, 0.717) is 5.65 Å². The van der Waals surface area contributed by atoms with Crippen LogP contribution in [0.25, 0.3) is 11.0 Å². The van der Waals surface area contributed by atoms with Crippen LogP contribution in [-0.4, -0.2) is 20.8 Å². The molecular formula is C16H12N4O3. The largest absolute Gasteiger partial charge is 0.306 e. The molecule has 0 saturated carbocycles. The second-order valence-electron chi connectivity index (χ2n) is 4.98. The number of nitro benzene ring substituents is 1. The number of nitrogens with zero attached hydrogens (tertiary/aromatic N) is 3. The van der Waals surface area contributed by atoms with E-state index in [1.165, 1.54) is 12.1 Å². The van der Waals surface area contributed by atoms with Crippen LogP contribution in [0.1, 0.15) is 15.9 Å². The summed E-state index contributed by atoms with van der Waals surface area (Å²) in [5.74, 6) is -0.291. The van der Waals surface area contributed by atoms with E-state index >= 15 is 0 Å². The predicted molar refractivity (Wildman–Crippen MR) is 85.3 cm³/mol. The van der Waals surface area contributed by atoms with Crippen molar-refractivity contribution in [3.8, 4) is 0 Å². The van der Waals surface area contributed by atoms with Crippen LogP contribution < -0.4 is 5.32 Å². The molecule has 2 heterocycles. The molecule has 0 fully saturated rings. The molecule has 0 spiro atoms. The molecule has 7 heteroatoms. The summed E-state index contributed by atoms with van der Waals surface area (Å²) in [5, 5.41) is 14.5. The number of aryl methyl sites for hydroxylation is 1. The number of pyridine rings is 2. The van der Waals surface area contributed by atoms with Crippen molar-refractivity contribution in [2.75, 3.05) is 5.32 Å². The Labute approximate surface area is 131 Å². The maximum Gasteiger partial charge on any atom is 0.282 e. The molecule has 23 heavy (non-hydrogen) atoms. The first kappa shape index (κ1) is 14.6. The average molecular weight is 308 g/mol. The average Bonchev–Trinajstić information content (AvgIpc) is 2.54. The lowest BCUT2D eigenvalue weighted by atomic mass is 10.1. The summed E-state index contributed by atoms with van der Waals surface area (Å²) >= 11 is 0. The number of carbonyl (C=O) groups is 1. The van der Waals surface area contributed by atoms with Gasteiger partial charge in [-0.15, -0.1) is 0 Å². The fraction of sp³-hybridized carbons (Fsp3) is 0.0625. The van der Waals surface area contributed by atoms with Gasteiger partial charge in [-0.1, -0.05) is 6.07 Å². The van der Waals surface area contributed by atoms with Gasteiger partial charge in [0.2, 0.25) is 0 Å². The van der Waals surface area contributed by atoms with Gasteiger partial charge in [-0.25, -0.2) is 9.97 Å². The number of nitro groups is 1. The Morgan fingerprint density at radius 2 is 2.04 bits per heavy atom. The molecule has 0 bridgehead atoms. The second-order valence-corrected chi connectivity index (χ2v) is 4.98. The quantitative estimate of drug-likeness (QED) is 0.592. The van der Waals surface area contributed by atoms with Crippen LogP contribution in [0.3, 0.4) is 0 Å². The van der Waals surface area contributed by atoms with Crippen molar-refractivity contribution in [1.29, 1.82) is 0 Å². The van der Waals surface area contributed by atoms with Gasteiger partial charge in [0.05, 0.1) is 4.92 Å². The lowest BCUT2D eigenvalue weighted by molar-refractivity contribution is -0.385. The van der Waals surface area contributed by atoms with E-state index in [0.717, 1.165) is 10.9 Å². The summed E-state index contributed by atoms with van der Waals surface area (Å²) in [4.78, 5) is 31.2. The van der Waals surface area contributed by atoms with E-state index in [1.807, 2.05) is 6.07 Å². The number of nitrogens with one attached hydrogen (secondary N) is 1. The van der Waals surface area contributed by atoms with Crippen molar-refractivity contribution < 1.29 is 9.72 Å². The number of hydrogen-bond donors (Lipinski definition) is 1. The van der Waals surface area contributed by atoms with Crippen LogP contribution in [0.4, 0.5) is 11.5 Å². The number of fused-ring (bicyclic) bond motifs is 1. The number of benzene rings is 1. The number of amides is 1. The van der Waals surface area contributed by atoms with Crippen LogP contribution in [-0.2, 0) is 0 Å². The van der Waals surface area contributed by atoms with Crippen molar-refractivity contribution in [1.82, 2.24) is 9.97 Å². The third-order valence-corrected chi connectivity index (χ3v) is 3.30. The van der Waals surface area contributed by atoms with Gasteiger partial charge < -0.3 is 5.32 Å². The molecule has 1 aromatic carbocycles. The second kappa shape index (κ2) is 5.80. The number of rotatable bonds is 3. The third-order valence-electron chi connectivity index (χ3n) is 3.30. The molecular weight excluding hydrogens is 296 g/mol. The fourth-order valence-electron chi connectivity index (χ4n) is 2.20. The van der Waals surface area contributed by atoms with Crippen molar-refractivity contribution in [3.05, 3.63) is 69.9 Å². The summed E-state index contributed by atoms with van der Waals surface area (Å²) in [6.07, 6.45) is 1.60. The van der Waals surface area contributed by atoms with Crippen LogP contribution in [0, 0.1) is 17.0 Å². The minimum Gasteiger partial charge on any atom is -0.306 e. The van der Waals surface area contributed by atoms with Crippen molar-refractivity contribution in [3.63, 3.8) is 0 Å². The van der Waals surface area contributed by atoms with Crippen molar-refractivity contribution in [2.24, 2.45) is 0 Å². The van der Waals surface area contributed by atoms with Crippen molar-refractivity contribution >= 4 is 28.4 Å². The highest BCUT2D eigenvalue weighted by atomic mass is 16.6. The van der Waals surface area contributed by atoms with Crippen LogP contribution in [0.15, 0.2) is 48.7 Å². The van der Waals surface area contributed by atoms with E-state index in [-0.39, 0.29) is 17.1 Å². The highest BCUT2D eigenvalue weighted by molar-refractivity contribution is 6.07. The standard InChI is InChI=1S/C16H12N4O3/c1-10-4-6-13(20(22)23)12(9-10)16(21)19-14-7-5-11-3-2-8-17-15(11)18-14/h2-9H,1H3,(H,17,18,19,21). The lowest BCUT2D eigenvalue weighted by Gasteiger charge is -2.06. The van der Waals surface area contributed by atoms with Crippen LogP contribution >= 0.6 is 0 Å². The van der Waals surface area contributed by atoms with Gasteiger partial charge in [0.1, 0.15) is 11.4 Å². The smallest absolute Gasteiger partial charge is 0.282 e. The SMILES string of the molecule is Cc1ccc([N+](=O)[O-])c(C(=O)Nc2ccc3cccnc3n2)c1. The molecule has 0 aliphatic carbocycles. The van der Waals surface area contributed by atoms with Gasteiger partial charge in [0.15, 0.2) is 5.65 Å². The monoisotopic (exact) mass is 308 g/mol. The number of hydrogen-bond acceptors (Lipinski definition) is 5. The van der Waals surface area contributed by atoms with Gasteiger partial charge in [-0.2, -0.15) is 0 Å². The first-order valence-electron chi connectivity index (χ1n) is 6.83. The van der Waals surface area contributed by atoms with Gasteiger partial charge in [-0.3, -0.25) is 14.9 Å². The number of carbonyl (C=O) groups excluding carboxylic acids is 1. The maximum absolute atomic E-state index is 12.4. The zero-order chi connectivity index (χ0) is 16.4. The molecule has 7 nitrogen and oxygen atoms in total. The molecule has 3 aromatic rings. The van der Waals surface area contributed by atoms with E-state index in [4.69, 9.17) is 0 Å². The Morgan fingerprint density at radius 1 is 1.22 bits per heavy atom. The molecule has 0 atom stereocenters. The van der Waals surface area contributed by atoms with Gasteiger partial charge in [0.25, 0.3) is 11.6 Å². The molecule has 0 aliphatic rings. The summed E-state index contributed by atoms with van der Waals surface area (Å²) in [6.45, 7) is 1.76. The van der Waals surface area contributed by atoms with Gasteiger partial charge >= 0.3 is 0 Å². The van der Waals surface area contributed by atoms with Crippen LogP contribution in [0.2, 0.25) is 0 Å². The van der Waals surface area contributed by atoms with E-state index in [2.05, 4.69) is 15.3 Å². The summed E-state index contributed by atoms with van der Waals surface area (Å²) in [6, 6.07) is 11.4. The Bertz CT molecular complexity index is 924. The van der Waals surface area contributed by atoms with E-state index in [9.17, 15) is 14.9 Å². The first-order chi connectivity index (χ1) is 11.0. The third kappa shape index (κ3) is 2.98. The predicted octanol–water partition coefficient (Wildman–Crippen LogP) is 3.10. The minimum atomic E-state index is -0.580. The molecule has 3 rings (SSSR count). The topological polar surface area (TPSA) is 98.0 Å².